The van der Waals surface area contributed by atoms with Crippen LogP contribution < -0.4 is 5.32 Å². The standard InChI is InChI=1S/C13H18N4O3/c1-13(2,7-20-4)16-10-8-6-15-17(3)11(8)14-5-9(10)12(18)19/h5-6H,7H2,1-4H3,(H,14,16)(H,18,19). The Balaban J connectivity index is 2.58. The van der Waals surface area contributed by atoms with E-state index < -0.39 is 11.5 Å². The molecular weight excluding hydrogens is 260 g/mol. The van der Waals surface area contributed by atoms with Crippen molar-refractivity contribution >= 4 is 22.7 Å². The minimum absolute atomic E-state index is 0.120. The first-order valence-electron chi connectivity index (χ1n) is 6.17. The van der Waals surface area contributed by atoms with E-state index in [0.717, 1.165) is 0 Å². The van der Waals surface area contributed by atoms with Crippen molar-refractivity contribution in [3.63, 3.8) is 0 Å². The van der Waals surface area contributed by atoms with Crippen LogP contribution in [0.15, 0.2) is 12.4 Å². The molecule has 2 aromatic rings. The van der Waals surface area contributed by atoms with Crippen LogP contribution in [0.1, 0.15) is 24.2 Å². The normalized spacial score (nSPS) is 11.8. The van der Waals surface area contributed by atoms with Gasteiger partial charge in [-0.25, -0.2) is 9.78 Å². The summed E-state index contributed by atoms with van der Waals surface area (Å²) in [5.74, 6) is -1.03. The first kappa shape index (κ1) is 14.3. The van der Waals surface area contributed by atoms with Gasteiger partial charge in [0.1, 0.15) is 5.56 Å². The van der Waals surface area contributed by atoms with Crippen molar-refractivity contribution in [2.24, 2.45) is 7.05 Å². The third-order valence-corrected chi connectivity index (χ3v) is 2.96. The van der Waals surface area contributed by atoms with E-state index in [9.17, 15) is 9.90 Å². The zero-order chi connectivity index (χ0) is 14.9. The lowest BCUT2D eigenvalue weighted by molar-refractivity contribution is 0.0697. The molecule has 0 unspecified atom stereocenters. The maximum absolute atomic E-state index is 11.4. The quantitative estimate of drug-likeness (QED) is 0.861. The zero-order valence-electron chi connectivity index (χ0n) is 12.0. The fourth-order valence-corrected chi connectivity index (χ4v) is 2.13. The summed E-state index contributed by atoms with van der Waals surface area (Å²) in [6.07, 6.45) is 2.96. The molecule has 0 saturated carbocycles. The molecule has 0 aliphatic carbocycles. The number of fused-ring (bicyclic) bond motifs is 1. The van der Waals surface area contributed by atoms with Gasteiger partial charge in [0.05, 0.1) is 29.4 Å². The van der Waals surface area contributed by atoms with E-state index in [4.69, 9.17) is 4.74 Å². The molecule has 0 spiro atoms. The third-order valence-electron chi connectivity index (χ3n) is 2.96. The highest BCUT2D eigenvalue weighted by atomic mass is 16.5. The average Bonchev–Trinajstić information content (AvgIpc) is 2.71. The van der Waals surface area contributed by atoms with E-state index in [2.05, 4.69) is 15.4 Å². The van der Waals surface area contributed by atoms with E-state index in [1.807, 2.05) is 13.8 Å². The summed E-state index contributed by atoms with van der Waals surface area (Å²) in [6.45, 7) is 4.31. The molecule has 0 aromatic carbocycles. The van der Waals surface area contributed by atoms with Gasteiger partial charge in [-0.05, 0) is 13.8 Å². The van der Waals surface area contributed by atoms with Gasteiger partial charge < -0.3 is 15.2 Å². The molecule has 0 aliphatic heterocycles. The van der Waals surface area contributed by atoms with Crippen LogP contribution in [0.2, 0.25) is 0 Å². The molecule has 0 radical (unpaired) electrons. The molecule has 108 valence electrons. The van der Waals surface area contributed by atoms with Crippen LogP contribution in [0.25, 0.3) is 11.0 Å². The number of hydrogen-bond acceptors (Lipinski definition) is 5. The van der Waals surface area contributed by atoms with Crippen molar-refractivity contribution in [1.82, 2.24) is 14.8 Å². The fraction of sp³-hybridized carbons (Fsp3) is 0.462. The van der Waals surface area contributed by atoms with Gasteiger partial charge in [-0.15, -0.1) is 0 Å². The fourth-order valence-electron chi connectivity index (χ4n) is 2.13. The number of carbonyl (C=O) groups is 1. The van der Waals surface area contributed by atoms with Gasteiger partial charge in [0.25, 0.3) is 0 Å². The molecule has 0 bridgehead atoms. The van der Waals surface area contributed by atoms with Crippen LogP contribution in [0.3, 0.4) is 0 Å². The number of aromatic nitrogens is 3. The molecular formula is C13H18N4O3. The molecule has 2 N–H and O–H groups in total. The number of nitrogens with zero attached hydrogens (tertiary/aromatic N) is 3. The molecule has 7 heteroatoms. The van der Waals surface area contributed by atoms with Crippen molar-refractivity contribution in [2.75, 3.05) is 19.0 Å². The number of ether oxygens (including phenoxy) is 1. The van der Waals surface area contributed by atoms with E-state index in [-0.39, 0.29) is 5.56 Å². The first-order chi connectivity index (χ1) is 9.35. The number of anilines is 1. The Labute approximate surface area is 116 Å². The molecule has 2 aromatic heterocycles. The molecule has 0 aliphatic rings. The molecule has 0 saturated heterocycles. The number of methoxy groups -OCH3 is 1. The van der Waals surface area contributed by atoms with Crippen LogP contribution in [0, 0.1) is 0 Å². The van der Waals surface area contributed by atoms with Crippen LogP contribution in [-0.4, -0.2) is 45.1 Å². The second kappa shape index (κ2) is 5.09. The number of rotatable bonds is 5. The highest BCUT2D eigenvalue weighted by Gasteiger charge is 2.23. The summed E-state index contributed by atoms with van der Waals surface area (Å²) in [5.41, 5.74) is 0.848. The highest BCUT2D eigenvalue weighted by molar-refractivity contribution is 6.03. The topological polar surface area (TPSA) is 89.3 Å². The first-order valence-corrected chi connectivity index (χ1v) is 6.17. The van der Waals surface area contributed by atoms with Crippen molar-refractivity contribution in [3.05, 3.63) is 18.0 Å². The molecule has 2 heterocycles. The van der Waals surface area contributed by atoms with Crippen molar-refractivity contribution in [2.45, 2.75) is 19.4 Å². The van der Waals surface area contributed by atoms with Gasteiger partial charge in [0, 0.05) is 20.4 Å². The molecule has 0 amide bonds. The van der Waals surface area contributed by atoms with Crippen LogP contribution in [-0.2, 0) is 11.8 Å². The highest BCUT2D eigenvalue weighted by Crippen LogP contribution is 2.28. The maximum atomic E-state index is 11.4. The lowest BCUT2D eigenvalue weighted by atomic mass is 10.0. The van der Waals surface area contributed by atoms with Crippen LogP contribution in [0.4, 0.5) is 5.69 Å². The van der Waals surface area contributed by atoms with Crippen molar-refractivity contribution < 1.29 is 14.6 Å². The Morgan fingerprint density at radius 3 is 2.80 bits per heavy atom. The van der Waals surface area contributed by atoms with Crippen LogP contribution in [0.5, 0.6) is 0 Å². The SMILES string of the molecule is COCC(C)(C)Nc1c(C(=O)O)cnc2c1cnn2C. The molecule has 7 nitrogen and oxygen atoms in total. The Morgan fingerprint density at radius 2 is 2.20 bits per heavy atom. The molecule has 0 atom stereocenters. The third kappa shape index (κ3) is 2.57. The number of nitrogens with one attached hydrogen (secondary N) is 1. The van der Waals surface area contributed by atoms with Gasteiger partial charge in [-0.2, -0.15) is 5.10 Å². The van der Waals surface area contributed by atoms with Crippen LogP contribution >= 0.6 is 0 Å². The average molecular weight is 278 g/mol. The summed E-state index contributed by atoms with van der Waals surface area (Å²) < 4.78 is 6.76. The van der Waals surface area contributed by atoms with Gasteiger partial charge >= 0.3 is 5.97 Å². The Bertz CT molecular complexity index is 648. The van der Waals surface area contributed by atoms with E-state index >= 15 is 0 Å². The second-order valence-electron chi connectivity index (χ2n) is 5.30. The van der Waals surface area contributed by atoms with Crippen molar-refractivity contribution in [1.29, 1.82) is 0 Å². The molecule has 20 heavy (non-hydrogen) atoms. The van der Waals surface area contributed by atoms with Gasteiger partial charge in [-0.1, -0.05) is 0 Å². The van der Waals surface area contributed by atoms with Crippen molar-refractivity contribution in [3.8, 4) is 0 Å². The number of pyridine rings is 1. The smallest absolute Gasteiger partial charge is 0.339 e. The maximum Gasteiger partial charge on any atom is 0.339 e. The Kier molecular flexibility index (Phi) is 3.63. The lowest BCUT2D eigenvalue weighted by Crippen LogP contribution is -2.36. The van der Waals surface area contributed by atoms with E-state index in [1.165, 1.54) is 6.20 Å². The van der Waals surface area contributed by atoms with E-state index in [0.29, 0.717) is 23.3 Å². The van der Waals surface area contributed by atoms with Gasteiger partial charge in [-0.3, -0.25) is 4.68 Å². The van der Waals surface area contributed by atoms with E-state index in [1.54, 1.807) is 25.0 Å². The Morgan fingerprint density at radius 1 is 1.50 bits per heavy atom. The molecule has 0 fully saturated rings. The summed E-state index contributed by atoms with van der Waals surface area (Å²) in [7, 11) is 3.37. The predicted octanol–water partition coefficient (Wildman–Crippen LogP) is 1.50. The minimum atomic E-state index is -1.03. The monoisotopic (exact) mass is 278 g/mol. The Hall–Kier alpha value is -2.15. The minimum Gasteiger partial charge on any atom is -0.478 e. The largest absolute Gasteiger partial charge is 0.478 e. The molecule has 2 rings (SSSR count). The number of hydrogen-bond donors (Lipinski definition) is 2. The second-order valence-corrected chi connectivity index (χ2v) is 5.30. The number of carboxylic acid groups (broad SMARTS) is 1. The van der Waals surface area contributed by atoms with Gasteiger partial charge in [0.15, 0.2) is 5.65 Å². The zero-order valence-corrected chi connectivity index (χ0v) is 12.0. The lowest BCUT2D eigenvalue weighted by Gasteiger charge is -2.27. The number of aryl methyl sites for hydroxylation is 1. The predicted molar refractivity (Wildman–Crippen MR) is 75.0 cm³/mol. The summed E-state index contributed by atoms with van der Waals surface area (Å²) in [4.78, 5) is 15.5. The number of aromatic carboxylic acids is 1. The summed E-state index contributed by atoms with van der Waals surface area (Å²) in [6, 6.07) is 0. The summed E-state index contributed by atoms with van der Waals surface area (Å²) >= 11 is 0. The summed E-state index contributed by atoms with van der Waals surface area (Å²) in [5, 5.41) is 17.3. The number of carboxylic acids is 1. The van der Waals surface area contributed by atoms with Gasteiger partial charge in [0.2, 0.25) is 0 Å².